The van der Waals surface area contributed by atoms with Gasteiger partial charge in [0.1, 0.15) is 0 Å². The first-order valence-corrected chi connectivity index (χ1v) is 35.7. The molecule has 0 N–H and O–H groups in total. The summed E-state index contributed by atoms with van der Waals surface area (Å²) in [6.07, 6.45) is 4.68. The molecule has 1 saturated carbocycles. The second kappa shape index (κ2) is 19.5. The van der Waals surface area contributed by atoms with Crippen LogP contribution in [0.3, 0.4) is 0 Å². The highest BCUT2D eigenvalue weighted by Gasteiger charge is 2.59. The van der Waals surface area contributed by atoms with Crippen molar-refractivity contribution in [1.29, 1.82) is 0 Å². The van der Waals surface area contributed by atoms with Crippen LogP contribution in [0.4, 0.5) is 45.5 Å². The average molecular weight is 1240 g/mol. The highest BCUT2D eigenvalue weighted by Crippen LogP contribution is 2.64. The van der Waals surface area contributed by atoms with Gasteiger partial charge in [-0.3, -0.25) is 0 Å². The summed E-state index contributed by atoms with van der Waals surface area (Å²) in [5.41, 5.74) is 35.6. The Kier molecular flexibility index (Phi) is 12.4. The second-order valence-electron chi connectivity index (χ2n) is 34.5. The molecule has 7 aliphatic rings. The molecule has 95 heavy (non-hydrogen) atoms. The Morgan fingerprint density at radius 3 is 1.19 bits per heavy atom. The second-order valence-corrected chi connectivity index (χ2v) is 34.5. The van der Waals surface area contributed by atoms with Gasteiger partial charge in [0.25, 0.3) is 6.71 Å². The number of fused-ring (bicyclic) bond motifs is 13. The number of hydrogen-bond donors (Lipinski definition) is 0. The summed E-state index contributed by atoms with van der Waals surface area (Å²) in [7, 11) is 0. The molecule has 2 atom stereocenters. The first kappa shape index (κ1) is 60.3. The van der Waals surface area contributed by atoms with E-state index in [1.807, 2.05) is 0 Å². The van der Waals surface area contributed by atoms with Crippen LogP contribution in [0, 0.1) is 6.92 Å². The number of aryl methyl sites for hydroxylation is 1. The van der Waals surface area contributed by atoms with Crippen molar-refractivity contribution in [3.05, 3.63) is 278 Å². The Morgan fingerprint density at radius 1 is 0.337 bits per heavy atom. The fourth-order valence-corrected chi connectivity index (χ4v) is 20.5. The Bertz CT molecular complexity index is 4960. The van der Waals surface area contributed by atoms with Crippen molar-refractivity contribution < 1.29 is 0 Å². The first-order chi connectivity index (χ1) is 44.9. The Balaban J connectivity index is 1.07. The molecule has 3 nitrogen and oxygen atoms in total. The van der Waals surface area contributed by atoms with Gasteiger partial charge in [-0.25, -0.2) is 0 Å². The number of nitrogens with zero attached hydrogens (tertiary/aromatic N) is 3. The summed E-state index contributed by atoms with van der Waals surface area (Å²) < 4.78 is 0. The van der Waals surface area contributed by atoms with Gasteiger partial charge in [-0.15, -0.1) is 0 Å². The quantitative estimate of drug-likeness (QED) is 0.163. The van der Waals surface area contributed by atoms with Gasteiger partial charge in [-0.1, -0.05) is 269 Å². The van der Waals surface area contributed by atoms with E-state index in [1.54, 1.807) is 0 Å². The van der Waals surface area contributed by atoms with Crippen molar-refractivity contribution in [2.75, 3.05) is 14.7 Å². The number of anilines is 8. The smallest absolute Gasteiger partial charge is 0.252 e. The molecular formula is C91H94BN3. The first-order valence-electron chi connectivity index (χ1n) is 35.7. The van der Waals surface area contributed by atoms with E-state index >= 15 is 0 Å². The molecule has 0 spiro atoms. The third-order valence-corrected chi connectivity index (χ3v) is 26.2. The minimum Gasteiger partial charge on any atom is -0.334 e. The molecule has 0 amide bonds. The highest BCUT2D eigenvalue weighted by molar-refractivity contribution is 7.00. The van der Waals surface area contributed by atoms with E-state index in [0.717, 1.165) is 12.8 Å². The van der Waals surface area contributed by atoms with Gasteiger partial charge < -0.3 is 14.7 Å². The summed E-state index contributed by atoms with van der Waals surface area (Å²) in [5, 5.41) is 0. The molecule has 4 heteroatoms. The maximum atomic E-state index is 2.86. The molecule has 0 bridgehead atoms. The fraction of sp³-hybridized carbons (Fsp3) is 0.341. The van der Waals surface area contributed by atoms with E-state index in [0.29, 0.717) is 0 Å². The highest BCUT2D eigenvalue weighted by atomic mass is 15.3. The SMILES string of the molecule is Cc1cc2c(cc1N1c3cc4c(cc3B3c5cc6c(cc5N(c5ccc(C(C)(C)C)cc5-c5ccccc5)c5cc(N7c8ccccc8C8(C)CCCCC78C)cc1c53)C(C)(C)c1ccccc1C6(C)C)C(C)(C)c1ccccc1C4(C)C)C(C)(C)c1ccccc1C2(C)C. The largest absolute Gasteiger partial charge is 0.334 e. The molecule has 0 aromatic heterocycles. The van der Waals surface area contributed by atoms with Crippen LogP contribution >= 0.6 is 0 Å². The maximum Gasteiger partial charge on any atom is 0.252 e. The lowest BCUT2D eigenvalue weighted by Gasteiger charge is -2.52. The van der Waals surface area contributed by atoms with Gasteiger partial charge in [0.2, 0.25) is 0 Å². The molecule has 2 unspecified atom stereocenters. The third-order valence-electron chi connectivity index (χ3n) is 26.2. The van der Waals surface area contributed by atoms with E-state index in [4.69, 9.17) is 0 Å². The lowest BCUT2D eigenvalue weighted by Crippen LogP contribution is -2.62. The monoisotopic (exact) mass is 1240 g/mol. The Hall–Kier alpha value is -8.34. The predicted octanol–water partition coefficient (Wildman–Crippen LogP) is 21.7. The van der Waals surface area contributed by atoms with Crippen LogP contribution in [0.2, 0.25) is 0 Å². The van der Waals surface area contributed by atoms with Gasteiger partial charge in [0.15, 0.2) is 0 Å². The van der Waals surface area contributed by atoms with Crippen LogP contribution in [0.25, 0.3) is 11.1 Å². The van der Waals surface area contributed by atoms with E-state index in [9.17, 15) is 0 Å². The van der Waals surface area contributed by atoms with Crippen LogP contribution in [0.15, 0.2) is 194 Å². The molecule has 3 aliphatic heterocycles. The van der Waals surface area contributed by atoms with Crippen LogP contribution in [-0.2, 0) is 43.3 Å². The molecule has 17 rings (SSSR count). The average Bonchev–Trinajstić information content (AvgIpc) is 1.38. The van der Waals surface area contributed by atoms with Gasteiger partial charge in [-0.05, 0) is 186 Å². The van der Waals surface area contributed by atoms with Crippen molar-refractivity contribution in [3.8, 4) is 11.1 Å². The minimum atomic E-state index is -0.302. The fourth-order valence-electron chi connectivity index (χ4n) is 20.5. The molecule has 476 valence electrons. The predicted molar refractivity (Wildman–Crippen MR) is 404 cm³/mol. The van der Waals surface area contributed by atoms with Crippen LogP contribution < -0.4 is 31.1 Å². The van der Waals surface area contributed by atoms with E-state index in [-0.39, 0.29) is 55.6 Å². The zero-order chi connectivity index (χ0) is 66.4. The lowest BCUT2D eigenvalue weighted by molar-refractivity contribution is 0.195. The summed E-state index contributed by atoms with van der Waals surface area (Å²) in [6, 6.07) is 78.0. The van der Waals surface area contributed by atoms with Crippen molar-refractivity contribution in [3.63, 3.8) is 0 Å². The van der Waals surface area contributed by atoms with E-state index < -0.39 is 0 Å². The molecule has 3 heterocycles. The van der Waals surface area contributed by atoms with Gasteiger partial charge in [-0.2, -0.15) is 0 Å². The van der Waals surface area contributed by atoms with Gasteiger partial charge >= 0.3 is 0 Å². The summed E-state index contributed by atoms with van der Waals surface area (Å²) in [6.45, 7) is 44.5. The molecule has 4 aliphatic carbocycles. The van der Waals surface area contributed by atoms with E-state index in [1.165, 1.54) is 169 Å². The minimum absolute atomic E-state index is 0.0649. The number of hydrogen-bond acceptors (Lipinski definition) is 3. The van der Waals surface area contributed by atoms with Crippen LogP contribution in [0.1, 0.15) is 227 Å². The number of para-hydroxylation sites is 1. The molecule has 10 aromatic rings. The zero-order valence-electron chi connectivity index (χ0n) is 59.7. The maximum absolute atomic E-state index is 2.86. The van der Waals surface area contributed by atoms with Gasteiger partial charge in [0.05, 0.1) is 11.2 Å². The Labute approximate surface area is 567 Å². The van der Waals surface area contributed by atoms with Crippen molar-refractivity contribution in [2.45, 2.75) is 199 Å². The van der Waals surface area contributed by atoms with Crippen LogP contribution in [-0.4, -0.2) is 12.3 Å². The van der Waals surface area contributed by atoms with E-state index in [2.05, 4.69) is 333 Å². The van der Waals surface area contributed by atoms with Crippen LogP contribution in [0.5, 0.6) is 0 Å². The van der Waals surface area contributed by atoms with Crippen molar-refractivity contribution in [1.82, 2.24) is 0 Å². The molecule has 1 fully saturated rings. The zero-order valence-corrected chi connectivity index (χ0v) is 59.7. The normalized spacial score (nSPS) is 21.7. The molecule has 10 aromatic carbocycles. The molecule has 0 saturated heterocycles. The topological polar surface area (TPSA) is 9.72 Å². The number of rotatable bonds is 4. The summed E-state index contributed by atoms with van der Waals surface area (Å²) in [5.74, 6) is 0. The molecular weight excluding hydrogens is 1150 g/mol. The van der Waals surface area contributed by atoms with Gasteiger partial charge in [0, 0.05) is 83.3 Å². The van der Waals surface area contributed by atoms with Crippen molar-refractivity contribution in [2.24, 2.45) is 0 Å². The lowest BCUT2D eigenvalue weighted by atomic mass is 9.32. The standard InChI is InChI=1S/C91H94BN3/c1-55-46-67-70(87(11,12)63-37-25-22-34-60(63)84(67,5)6)52-77(55)94-79-54-72-69(86(9,10)62-36-24-27-39-65(62)89(72,15)16)51-74(79)92-73-50-68-71(88(13,14)64-38-26-23-35-61(64)85(68,7)8)53-78(73)93(75-43-42-57(83(2,3)4)47-59(75)56-32-20-19-21-33-56)80-48-58(49-81(94)82(80)92)95-76-41-29-28-40-66(76)90(17)44-30-31-45-91(90,95)18/h19-29,32-43,46-54H,30-31,44-45H2,1-18H3. The summed E-state index contributed by atoms with van der Waals surface area (Å²) >= 11 is 0. The third kappa shape index (κ3) is 7.83. The number of benzene rings is 10. The molecule has 0 radical (unpaired) electrons. The summed E-state index contributed by atoms with van der Waals surface area (Å²) in [4.78, 5) is 8.49. The Morgan fingerprint density at radius 2 is 0.726 bits per heavy atom. The van der Waals surface area contributed by atoms with Crippen molar-refractivity contribution >= 4 is 68.6 Å².